The number of esters is 2. The minimum absolute atomic E-state index is 0.0352. The van der Waals surface area contributed by atoms with Crippen LogP contribution in [0.2, 0.25) is 0 Å². The largest absolute Gasteiger partial charge is 0.460 e. The number of nitrogens with two attached hydrogens (primary N) is 1. The van der Waals surface area contributed by atoms with Crippen molar-refractivity contribution in [3.63, 3.8) is 0 Å². The molecule has 0 aliphatic rings. The van der Waals surface area contributed by atoms with Crippen LogP contribution in [0.25, 0.3) is 11.1 Å². The molecule has 5 N–H and O–H groups in total. The van der Waals surface area contributed by atoms with Crippen molar-refractivity contribution in [2.75, 3.05) is 19.7 Å². The molecule has 0 aliphatic carbocycles. The van der Waals surface area contributed by atoms with Crippen LogP contribution in [0.4, 0.5) is 8.78 Å². The highest BCUT2D eigenvalue weighted by Gasteiger charge is 2.37. The molecule has 2 aromatic carbocycles. The molecule has 0 aliphatic heterocycles. The SMILES string of the molecule is CC(C)(C)OC(=O)CC[C@@H](NC(=O)CCNC(=O)[C@@H](N)CCN(C(=O)CO)[C@@H](c1cc(-c2cc(F)ccc2F)cn1Cc1ccccc1)C(C)(C)C)C(=O)OC(C)(C)C. The zero-order valence-corrected chi connectivity index (χ0v) is 35.7. The predicted octanol–water partition coefficient (Wildman–Crippen LogP) is 5.56. The van der Waals surface area contributed by atoms with E-state index in [1.807, 2.05) is 55.7 Å². The fourth-order valence-corrected chi connectivity index (χ4v) is 6.48. The summed E-state index contributed by atoms with van der Waals surface area (Å²) in [4.78, 5) is 66.3. The summed E-state index contributed by atoms with van der Waals surface area (Å²) in [7, 11) is 0. The molecule has 3 aromatic rings. The highest BCUT2D eigenvalue weighted by atomic mass is 19.1. The molecule has 1 heterocycles. The van der Waals surface area contributed by atoms with E-state index >= 15 is 4.39 Å². The molecule has 3 rings (SSSR count). The summed E-state index contributed by atoms with van der Waals surface area (Å²) in [6.45, 7) is 15.2. The van der Waals surface area contributed by atoms with Crippen molar-refractivity contribution >= 4 is 29.7 Å². The van der Waals surface area contributed by atoms with Crippen molar-refractivity contribution in [3.8, 4) is 11.1 Å². The van der Waals surface area contributed by atoms with Gasteiger partial charge in [-0.1, -0.05) is 51.1 Å². The molecule has 1 aromatic heterocycles. The first-order valence-electron chi connectivity index (χ1n) is 19.8. The maximum Gasteiger partial charge on any atom is 0.329 e. The van der Waals surface area contributed by atoms with Crippen LogP contribution >= 0.6 is 0 Å². The fraction of sp³-hybridized carbons (Fsp3) is 0.523. The fourth-order valence-electron chi connectivity index (χ4n) is 6.48. The van der Waals surface area contributed by atoms with Gasteiger partial charge < -0.3 is 40.4 Å². The van der Waals surface area contributed by atoms with E-state index < -0.39 is 82.6 Å². The molecule has 13 nitrogen and oxygen atoms in total. The number of halogens is 2. The number of amides is 3. The normalized spacial score (nSPS) is 13.5. The lowest BCUT2D eigenvalue weighted by molar-refractivity contribution is -0.160. The summed E-state index contributed by atoms with van der Waals surface area (Å²) < 4.78 is 42.1. The summed E-state index contributed by atoms with van der Waals surface area (Å²) >= 11 is 0. The molecule has 0 radical (unpaired) electrons. The maximum atomic E-state index is 15.1. The quantitative estimate of drug-likeness (QED) is 0.119. The van der Waals surface area contributed by atoms with Gasteiger partial charge >= 0.3 is 11.9 Å². The Morgan fingerprint density at radius 3 is 2.10 bits per heavy atom. The minimum atomic E-state index is -1.14. The number of hydrogen-bond donors (Lipinski definition) is 4. The molecule has 324 valence electrons. The Morgan fingerprint density at radius 2 is 1.51 bits per heavy atom. The highest BCUT2D eigenvalue weighted by Crippen LogP contribution is 2.41. The number of benzene rings is 2. The van der Waals surface area contributed by atoms with Gasteiger partial charge in [0.25, 0.3) is 0 Å². The van der Waals surface area contributed by atoms with E-state index in [4.69, 9.17) is 15.2 Å². The third-order valence-electron chi connectivity index (χ3n) is 8.99. The van der Waals surface area contributed by atoms with Crippen molar-refractivity contribution in [2.45, 2.75) is 124 Å². The van der Waals surface area contributed by atoms with E-state index in [1.54, 1.807) is 53.8 Å². The standard InChI is InChI=1S/C44H61F2N5O8/c1-42(2,3)39(35-23-29(31-24-30(45)15-16-32(31)46)26-50(35)25-28-13-11-10-12-14-28)51(37(54)27-52)22-20-33(47)40(56)48-21-19-36(53)49-34(41(57)59-44(7,8)9)17-18-38(55)58-43(4,5)6/h10-16,23-24,26,33-34,39,52H,17-22,25,27,47H2,1-9H3,(H,48,56)(H,49,53)/t33-,34+,39-/m0/s1. The Bertz CT molecular complexity index is 1910. The number of carbonyl (C=O) groups is 5. The monoisotopic (exact) mass is 825 g/mol. The molecule has 0 bridgehead atoms. The summed E-state index contributed by atoms with van der Waals surface area (Å²) in [6, 6.07) is 11.4. The zero-order chi connectivity index (χ0) is 44.3. The van der Waals surface area contributed by atoms with Gasteiger partial charge in [-0.05, 0) is 89.6 Å². The second-order valence-electron chi connectivity index (χ2n) is 17.6. The van der Waals surface area contributed by atoms with Crippen molar-refractivity contribution in [1.29, 1.82) is 0 Å². The van der Waals surface area contributed by atoms with E-state index in [2.05, 4.69) is 10.6 Å². The lowest BCUT2D eigenvalue weighted by Crippen LogP contribution is -2.48. The van der Waals surface area contributed by atoms with Gasteiger partial charge in [0.15, 0.2) is 0 Å². The van der Waals surface area contributed by atoms with E-state index in [0.29, 0.717) is 17.8 Å². The van der Waals surface area contributed by atoms with Crippen molar-refractivity contribution in [2.24, 2.45) is 11.1 Å². The molecule has 3 amide bonds. The van der Waals surface area contributed by atoms with E-state index in [0.717, 1.165) is 23.8 Å². The molecule has 15 heteroatoms. The van der Waals surface area contributed by atoms with Gasteiger partial charge in [0, 0.05) is 55.5 Å². The van der Waals surface area contributed by atoms with Crippen molar-refractivity contribution in [1.82, 2.24) is 20.1 Å². The van der Waals surface area contributed by atoms with Crippen LogP contribution in [0.15, 0.2) is 60.8 Å². The predicted molar refractivity (Wildman–Crippen MR) is 219 cm³/mol. The number of ether oxygens (including phenoxy) is 2. The average Bonchev–Trinajstić information content (AvgIpc) is 3.52. The number of carbonyl (C=O) groups excluding carboxylic acids is 5. The summed E-state index contributed by atoms with van der Waals surface area (Å²) in [5.41, 5.74) is 5.97. The molecule has 0 saturated heterocycles. The minimum Gasteiger partial charge on any atom is -0.460 e. The molecule has 0 spiro atoms. The van der Waals surface area contributed by atoms with Gasteiger partial charge in [-0.3, -0.25) is 19.2 Å². The molecule has 0 unspecified atom stereocenters. The third-order valence-corrected chi connectivity index (χ3v) is 8.99. The average molecular weight is 826 g/mol. The Hall–Kier alpha value is -5.15. The van der Waals surface area contributed by atoms with E-state index in [9.17, 15) is 33.5 Å². The first-order chi connectivity index (χ1) is 27.4. The maximum absolute atomic E-state index is 15.1. The molecule has 59 heavy (non-hydrogen) atoms. The second-order valence-corrected chi connectivity index (χ2v) is 17.6. The number of rotatable bonds is 18. The molecule has 0 fully saturated rings. The van der Waals surface area contributed by atoms with Crippen LogP contribution < -0.4 is 16.4 Å². The lowest BCUT2D eigenvalue weighted by Gasteiger charge is -2.41. The van der Waals surface area contributed by atoms with Crippen LogP contribution in [-0.4, -0.2) is 87.2 Å². The van der Waals surface area contributed by atoms with Crippen LogP contribution in [0.1, 0.15) is 105 Å². The third kappa shape index (κ3) is 15.5. The Labute approximate surface area is 346 Å². The highest BCUT2D eigenvalue weighted by molar-refractivity contribution is 5.86. The van der Waals surface area contributed by atoms with E-state index in [-0.39, 0.29) is 44.3 Å². The zero-order valence-electron chi connectivity index (χ0n) is 35.7. The van der Waals surface area contributed by atoms with Crippen LogP contribution in [-0.2, 0) is 40.0 Å². The molecule has 0 saturated carbocycles. The van der Waals surface area contributed by atoms with Gasteiger partial charge in [-0.15, -0.1) is 0 Å². The lowest BCUT2D eigenvalue weighted by atomic mass is 9.82. The van der Waals surface area contributed by atoms with Crippen LogP contribution in [0, 0.1) is 17.0 Å². The molecule has 3 atom stereocenters. The number of aromatic nitrogens is 1. The number of hydrogen-bond acceptors (Lipinski definition) is 9. The van der Waals surface area contributed by atoms with Crippen molar-refractivity contribution in [3.05, 3.63) is 83.7 Å². The Morgan fingerprint density at radius 1 is 0.864 bits per heavy atom. The summed E-state index contributed by atoms with van der Waals surface area (Å²) in [6.07, 6.45) is 1.23. The first-order valence-corrected chi connectivity index (χ1v) is 19.8. The molecular formula is C44H61F2N5O8. The second kappa shape index (κ2) is 20.7. The van der Waals surface area contributed by atoms with Gasteiger partial charge in [0.1, 0.15) is 35.5 Å². The molecular weight excluding hydrogens is 765 g/mol. The van der Waals surface area contributed by atoms with Gasteiger partial charge in [0.2, 0.25) is 17.7 Å². The number of nitrogens with zero attached hydrogens (tertiary/aromatic N) is 2. The summed E-state index contributed by atoms with van der Waals surface area (Å²) in [5, 5.41) is 15.3. The first kappa shape index (κ1) is 48.2. The topological polar surface area (TPSA) is 182 Å². The van der Waals surface area contributed by atoms with Crippen molar-refractivity contribution < 1.29 is 47.3 Å². The smallest absolute Gasteiger partial charge is 0.329 e. The number of nitrogens with one attached hydrogen (secondary N) is 2. The Balaban J connectivity index is 1.76. The van der Waals surface area contributed by atoms with E-state index in [1.165, 1.54) is 4.90 Å². The number of aliphatic hydroxyl groups is 1. The van der Waals surface area contributed by atoms with Gasteiger partial charge in [-0.25, -0.2) is 13.6 Å². The van der Waals surface area contributed by atoms with Crippen LogP contribution in [0.3, 0.4) is 0 Å². The summed E-state index contributed by atoms with van der Waals surface area (Å²) in [5.74, 6) is -4.32. The van der Waals surface area contributed by atoms with Gasteiger partial charge in [-0.2, -0.15) is 0 Å². The van der Waals surface area contributed by atoms with Crippen LogP contribution in [0.5, 0.6) is 0 Å². The van der Waals surface area contributed by atoms with Gasteiger partial charge in [0.05, 0.1) is 12.1 Å². The Kier molecular flexibility index (Phi) is 16.9. The number of aliphatic hydroxyl groups excluding tert-OH is 1.